The highest BCUT2D eigenvalue weighted by Gasteiger charge is 2.31. The van der Waals surface area contributed by atoms with E-state index in [1.807, 2.05) is 44.3 Å². The van der Waals surface area contributed by atoms with Crippen LogP contribution in [0.5, 0.6) is 0 Å². The second-order valence-electron chi connectivity index (χ2n) is 7.35. The van der Waals surface area contributed by atoms with Crippen molar-refractivity contribution in [2.24, 2.45) is 13.0 Å². The second kappa shape index (κ2) is 7.07. The van der Waals surface area contributed by atoms with Crippen LogP contribution in [0, 0.1) is 12.8 Å². The zero-order chi connectivity index (χ0) is 19.8. The number of aromatic nitrogens is 3. The first-order valence-electron chi connectivity index (χ1n) is 9.37. The molecule has 0 bridgehead atoms. The van der Waals surface area contributed by atoms with E-state index in [1.165, 1.54) is 0 Å². The Morgan fingerprint density at radius 1 is 1.21 bits per heavy atom. The quantitative estimate of drug-likeness (QED) is 0.727. The van der Waals surface area contributed by atoms with Gasteiger partial charge in [0.1, 0.15) is 0 Å². The predicted molar refractivity (Wildman–Crippen MR) is 105 cm³/mol. The summed E-state index contributed by atoms with van der Waals surface area (Å²) in [4.78, 5) is 29.0. The van der Waals surface area contributed by atoms with Crippen molar-refractivity contribution in [1.82, 2.24) is 20.1 Å². The lowest BCUT2D eigenvalue weighted by Gasteiger charge is -2.14. The van der Waals surface area contributed by atoms with Crippen LogP contribution in [0.2, 0.25) is 0 Å². The molecule has 2 atom stereocenters. The first kappa shape index (κ1) is 18.2. The van der Waals surface area contributed by atoms with Crippen molar-refractivity contribution in [2.75, 3.05) is 0 Å². The molecule has 1 aliphatic rings. The summed E-state index contributed by atoms with van der Waals surface area (Å²) in [5.74, 6) is -1.39. The lowest BCUT2D eigenvalue weighted by molar-refractivity contribution is -0.141. The zero-order valence-corrected chi connectivity index (χ0v) is 15.8. The summed E-state index contributed by atoms with van der Waals surface area (Å²) in [6.07, 6.45) is 1.73. The van der Waals surface area contributed by atoms with Gasteiger partial charge in [-0.3, -0.25) is 14.3 Å². The molecule has 1 saturated carbocycles. The third-order valence-corrected chi connectivity index (χ3v) is 5.40. The molecule has 1 aliphatic carbocycles. The van der Waals surface area contributed by atoms with Gasteiger partial charge in [0.25, 0.3) is 5.91 Å². The molecule has 28 heavy (non-hydrogen) atoms. The third kappa shape index (κ3) is 3.24. The van der Waals surface area contributed by atoms with Crippen molar-refractivity contribution in [3.05, 3.63) is 47.7 Å². The highest BCUT2D eigenvalue weighted by atomic mass is 16.4. The average molecular weight is 378 g/mol. The van der Waals surface area contributed by atoms with Crippen LogP contribution in [0.15, 0.2) is 36.4 Å². The Morgan fingerprint density at radius 3 is 2.64 bits per heavy atom. The number of benzene rings is 1. The average Bonchev–Trinajstić information content (AvgIpc) is 3.26. The van der Waals surface area contributed by atoms with Crippen LogP contribution in [0.4, 0.5) is 0 Å². The molecule has 0 saturated heterocycles. The van der Waals surface area contributed by atoms with E-state index in [4.69, 9.17) is 4.98 Å². The number of pyridine rings is 1. The van der Waals surface area contributed by atoms with Crippen molar-refractivity contribution < 1.29 is 14.7 Å². The van der Waals surface area contributed by atoms with Crippen LogP contribution in [0.1, 0.15) is 35.3 Å². The summed E-state index contributed by atoms with van der Waals surface area (Å²) < 4.78 is 1.68. The molecular formula is C21H22N4O3. The highest BCUT2D eigenvalue weighted by Crippen LogP contribution is 2.29. The smallest absolute Gasteiger partial charge is 0.306 e. The Kier molecular flexibility index (Phi) is 4.58. The fourth-order valence-corrected chi connectivity index (χ4v) is 3.98. The lowest BCUT2D eigenvalue weighted by atomic mass is 10.0. The lowest BCUT2D eigenvalue weighted by Crippen LogP contribution is -2.33. The molecule has 1 aromatic carbocycles. The number of carbonyl (C=O) groups is 2. The molecule has 7 heteroatoms. The number of nitrogens with zero attached hydrogens (tertiary/aromatic N) is 3. The second-order valence-corrected chi connectivity index (χ2v) is 7.35. The van der Waals surface area contributed by atoms with Crippen molar-refractivity contribution in [2.45, 2.75) is 32.2 Å². The zero-order valence-electron chi connectivity index (χ0n) is 15.8. The number of carboxylic acids is 1. The van der Waals surface area contributed by atoms with Gasteiger partial charge in [-0.1, -0.05) is 30.3 Å². The topological polar surface area (TPSA) is 97.1 Å². The van der Waals surface area contributed by atoms with Gasteiger partial charge in [-0.25, -0.2) is 4.98 Å². The summed E-state index contributed by atoms with van der Waals surface area (Å²) in [5.41, 5.74) is 3.54. The summed E-state index contributed by atoms with van der Waals surface area (Å²) in [7, 11) is 1.81. The van der Waals surface area contributed by atoms with Crippen LogP contribution in [-0.4, -0.2) is 37.8 Å². The van der Waals surface area contributed by atoms with Gasteiger partial charge in [0.15, 0.2) is 5.65 Å². The standard InChI is InChI=1S/C21H22N4O3/c1-12-18-16(20(26)22-15-9-8-14(10-15)21(27)28)11-17(13-6-4-3-5-7-13)23-19(18)25(2)24-12/h3-7,11,14-15H,8-10H2,1-2H3,(H,22,26)(H,27,28)/t14-,15+/m1/s1. The van der Waals surface area contributed by atoms with Crippen molar-refractivity contribution in [1.29, 1.82) is 0 Å². The Hall–Kier alpha value is -3.22. The van der Waals surface area contributed by atoms with Crippen molar-refractivity contribution in [3.63, 3.8) is 0 Å². The van der Waals surface area contributed by atoms with Crippen LogP contribution in [-0.2, 0) is 11.8 Å². The van der Waals surface area contributed by atoms with Gasteiger partial charge in [0.05, 0.1) is 28.3 Å². The minimum absolute atomic E-state index is 0.131. The van der Waals surface area contributed by atoms with E-state index >= 15 is 0 Å². The summed E-state index contributed by atoms with van der Waals surface area (Å²) in [5, 5.41) is 17.4. The van der Waals surface area contributed by atoms with Gasteiger partial charge in [-0.2, -0.15) is 5.10 Å². The summed E-state index contributed by atoms with van der Waals surface area (Å²) in [6.45, 7) is 1.86. The molecule has 1 amide bonds. The van der Waals surface area contributed by atoms with E-state index in [-0.39, 0.29) is 17.9 Å². The Morgan fingerprint density at radius 2 is 1.96 bits per heavy atom. The fraction of sp³-hybridized carbons (Fsp3) is 0.333. The number of aryl methyl sites for hydroxylation is 2. The number of hydrogen-bond donors (Lipinski definition) is 2. The fourth-order valence-electron chi connectivity index (χ4n) is 3.98. The molecule has 4 rings (SSSR count). The highest BCUT2D eigenvalue weighted by molar-refractivity contribution is 6.07. The van der Waals surface area contributed by atoms with E-state index in [0.29, 0.717) is 36.2 Å². The molecular weight excluding hydrogens is 356 g/mol. The molecule has 2 heterocycles. The Labute approximate surface area is 162 Å². The molecule has 0 aliphatic heterocycles. The van der Waals surface area contributed by atoms with Crippen LogP contribution in [0.25, 0.3) is 22.3 Å². The van der Waals surface area contributed by atoms with Crippen LogP contribution in [0.3, 0.4) is 0 Å². The van der Waals surface area contributed by atoms with E-state index in [9.17, 15) is 14.7 Å². The molecule has 144 valence electrons. The Bertz CT molecular complexity index is 1060. The van der Waals surface area contributed by atoms with E-state index in [1.54, 1.807) is 10.7 Å². The van der Waals surface area contributed by atoms with Gasteiger partial charge < -0.3 is 10.4 Å². The van der Waals surface area contributed by atoms with Gasteiger partial charge in [-0.05, 0) is 32.3 Å². The van der Waals surface area contributed by atoms with Crippen molar-refractivity contribution in [3.8, 4) is 11.3 Å². The third-order valence-electron chi connectivity index (χ3n) is 5.40. The molecule has 0 radical (unpaired) electrons. The van der Waals surface area contributed by atoms with E-state index < -0.39 is 5.97 Å². The maximum absolute atomic E-state index is 13.1. The molecule has 2 N–H and O–H groups in total. The monoisotopic (exact) mass is 378 g/mol. The molecule has 1 fully saturated rings. The predicted octanol–water partition coefficient (Wildman–Crippen LogP) is 2.93. The number of aliphatic carboxylic acids is 1. The molecule has 0 unspecified atom stereocenters. The Balaban J connectivity index is 1.73. The number of fused-ring (bicyclic) bond motifs is 1. The molecule has 0 spiro atoms. The number of nitrogens with one attached hydrogen (secondary N) is 1. The summed E-state index contributed by atoms with van der Waals surface area (Å²) >= 11 is 0. The molecule has 3 aromatic rings. The minimum Gasteiger partial charge on any atom is -0.481 e. The number of hydrogen-bond acceptors (Lipinski definition) is 4. The maximum Gasteiger partial charge on any atom is 0.306 e. The van der Waals surface area contributed by atoms with Gasteiger partial charge in [-0.15, -0.1) is 0 Å². The van der Waals surface area contributed by atoms with Gasteiger partial charge in [0, 0.05) is 18.7 Å². The largest absolute Gasteiger partial charge is 0.481 e. The summed E-state index contributed by atoms with van der Waals surface area (Å²) in [6, 6.07) is 11.4. The van der Waals surface area contributed by atoms with Gasteiger partial charge in [0.2, 0.25) is 0 Å². The molecule has 7 nitrogen and oxygen atoms in total. The van der Waals surface area contributed by atoms with E-state index in [0.717, 1.165) is 16.6 Å². The normalized spacial score (nSPS) is 19.1. The maximum atomic E-state index is 13.1. The SMILES string of the molecule is Cc1nn(C)c2nc(-c3ccccc3)cc(C(=O)N[C@H]3CC[C@@H](C(=O)O)C3)c12. The number of amides is 1. The number of rotatable bonds is 4. The molecule has 2 aromatic heterocycles. The van der Waals surface area contributed by atoms with Crippen LogP contribution < -0.4 is 5.32 Å². The first-order chi connectivity index (χ1) is 13.4. The number of carboxylic acid groups (broad SMARTS) is 1. The minimum atomic E-state index is -0.794. The van der Waals surface area contributed by atoms with Crippen molar-refractivity contribution >= 4 is 22.9 Å². The first-order valence-corrected chi connectivity index (χ1v) is 9.37. The van der Waals surface area contributed by atoms with E-state index in [2.05, 4.69) is 10.4 Å². The van der Waals surface area contributed by atoms with Gasteiger partial charge >= 0.3 is 5.97 Å². The number of carbonyl (C=O) groups excluding carboxylic acids is 1. The van der Waals surface area contributed by atoms with Crippen LogP contribution >= 0.6 is 0 Å².